The number of benzene rings is 1. The van der Waals surface area contributed by atoms with Gasteiger partial charge in [0.25, 0.3) is 0 Å². The summed E-state index contributed by atoms with van der Waals surface area (Å²) in [5.74, 6) is -0.274. The van der Waals surface area contributed by atoms with E-state index < -0.39 is 0 Å². The predicted molar refractivity (Wildman–Crippen MR) is 89.0 cm³/mol. The molecule has 2 amide bonds. The zero-order valence-electron chi connectivity index (χ0n) is 13.3. The average Bonchev–Trinajstić information content (AvgIpc) is 2.55. The van der Waals surface area contributed by atoms with Crippen molar-refractivity contribution in [3.63, 3.8) is 0 Å². The summed E-state index contributed by atoms with van der Waals surface area (Å²) in [7, 11) is 0. The van der Waals surface area contributed by atoms with Crippen LogP contribution in [-0.2, 0) is 9.59 Å². The van der Waals surface area contributed by atoms with Crippen LogP contribution in [0.4, 0.5) is 0 Å². The first kappa shape index (κ1) is 17.8. The zero-order chi connectivity index (χ0) is 16.8. The third-order valence-electron chi connectivity index (χ3n) is 4.23. The Kier molecular flexibility index (Phi) is 6.42. The van der Waals surface area contributed by atoms with Gasteiger partial charge in [0.15, 0.2) is 0 Å². The molecule has 1 saturated heterocycles. The van der Waals surface area contributed by atoms with E-state index in [1.54, 1.807) is 17.0 Å². The molecule has 0 radical (unpaired) electrons. The van der Waals surface area contributed by atoms with Crippen molar-refractivity contribution in [3.8, 4) is 0 Å². The number of nitrogens with one attached hydrogen (secondary N) is 1. The normalized spacial score (nSPS) is 21.3. The fourth-order valence-corrected chi connectivity index (χ4v) is 3.22. The second-order valence-electron chi connectivity index (χ2n) is 5.69. The topological polar surface area (TPSA) is 69.6 Å². The molecule has 1 fully saturated rings. The van der Waals surface area contributed by atoms with Gasteiger partial charge in [0.05, 0.1) is 12.0 Å². The lowest BCUT2D eigenvalue weighted by molar-refractivity contribution is -0.143. The van der Waals surface area contributed by atoms with Crippen molar-refractivity contribution < 1.29 is 14.7 Å². The van der Waals surface area contributed by atoms with Crippen LogP contribution in [0, 0.1) is 5.92 Å². The molecule has 126 valence electrons. The van der Waals surface area contributed by atoms with Gasteiger partial charge in [-0.05, 0) is 37.5 Å². The molecule has 0 saturated carbocycles. The van der Waals surface area contributed by atoms with Gasteiger partial charge in [0, 0.05) is 31.1 Å². The van der Waals surface area contributed by atoms with Gasteiger partial charge in [-0.3, -0.25) is 9.59 Å². The molecule has 1 aromatic carbocycles. The number of piperidine rings is 1. The van der Waals surface area contributed by atoms with E-state index in [-0.39, 0.29) is 30.4 Å². The Bertz CT molecular complexity index is 547. The highest BCUT2D eigenvalue weighted by molar-refractivity contribution is 6.30. The first-order valence-electron chi connectivity index (χ1n) is 8.02. The number of hydrogen-bond acceptors (Lipinski definition) is 3. The molecule has 0 aliphatic carbocycles. The molecule has 23 heavy (non-hydrogen) atoms. The number of carbonyl (C=O) groups excluding carboxylic acids is 2. The van der Waals surface area contributed by atoms with E-state index in [1.165, 1.54) is 0 Å². The molecule has 2 rings (SSSR count). The van der Waals surface area contributed by atoms with E-state index in [2.05, 4.69) is 5.32 Å². The van der Waals surface area contributed by atoms with E-state index >= 15 is 0 Å². The lowest BCUT2D eigenvalue weighted by Crippen LogP contribution is -2.48. The van der Waals surface area contributed by atoms with Crippen LogP contribution < -0.4 is 5.32 Å². The van der Waals surface area contributed by atoms with E-state index in [4.69, 9.17) is 16.7 Å². The monoisotopic (exact) mass is 338 g/mol. The van der Waals surface area contributed by atoms with Gasteiger partial charge in [-0.2, -0.15) is 0 Å². The standard InChI is InChI=1S/C17H23ClN2O3/c1-2-20-15(22)9-8-14(17(23)19-10-3-11-21)16(20)12-4-6-13(18)7-5-12/h4-7,14,16,21H,2-3,8-11H2,1H3,(H,19,23)/t14-,16+/m1/s1. The molecular formula is C17H23ClN2O3. The first-order chi connectivity index (χ1) is 11.1. The molecule has 0 unspecified atom stereocenters. The van der Waals surface area contributed by atoms with Crippen molar-refractivity contribution in [2.24, 2.45) is 5.92 Å². The number of halogens is 1. The summed E-state index contributed by atoms with van der Waals surface area (Å²) < 4.78 is 0. The smallest absolute Gasteiger partial charge is 0.225 e. The number of rotatable bonds is 6. The summed E-state index contributed by atoms with van der Waals surface area (Å²) in [5, 5.41) is 12.3. The number of carbonyl (C=O) groups is 2. The fraction of sp³-hybridized carbons (Fsp3) is 0.529. The minimum atomic E-state index is -0.285. The highest BCUT2D eigenvalue weighted by Crippen LogP contribution is 2.37. The summed E-state index contributed by atoms with van der Waals surface area (Å²) >= 11 is 5.95. The highest BCUT2D eigenvalue weighted by atomic mass is 35.5. The molecule has 2 N–H and O–H groups in total. The summed E-state index contributed by atoms with van der Waals surface area (Å²) in [6, 6.07) is 7.05. The number of likely N-dealkylation sites (tertiary alicyclic amines) is 1. The van der Waals surface area contributed by atoms with Crippen molar-refractivity contribution in [1.82, 2.24) is 10.2 Å². The van der Waals surface area contributed by atoms with Crippen LogP contribution in [-0.4, -0.2) is 41.5 Å². The van der Waals surface area contributed by atoms with Crippen LogP contribution in [0.15, 0.2) is 24.3 Å². The van der Waals surface area contributed by atoms with E-state index in [1.807, 2.05) is 19.1 Å². The molecule has 1 heterocycles. The van der Waals surface area contributed by atoms with Crippen LogP contribution in [0.2, 0.25) is 5.02 Å². The van der Waals surface area contributed by atoms with Gasteiger partial charge < -0.3 is 15.3 Å². The van der Waals surface area contributed by atoms with Crippen molar-refractivity contribution in [1.29, 1.82) is 0 Å². The third-order valence-corrected chi connectivity index (χ3v) is 4.48. The van der Waals surface area contributed by atoms with E-state index in [0.29, 0.717) is 37.4 Å². The molecule has 0 spiro atoms. The van der Waals surface area contributed by atoms with Gasteiger partial charge in [0.2, 0.25) is 11.8 Å². The average molecular weight is 339 g/mol. The number of amides is 2. The number of nitrogens with zero attached hydrogens (tertiary/aromatic N) is 1. The SMILES string of the molecule is CCN1C(=O)CC[C@@H](C(=O)NCCCO)[C@@H]1c1ccc(Cl)cc1. The van der Waals surface area contributed by atoms with Crippen molar-refractivity contribution >= 4 is 23.4 Å². The lowest BCUT2D eigenvalue weighted by Gasteiger charge is -2.40. The second kappa shape index (κ2) is 8.31. The summed E-state index contributed by atoms with van der Waals surface area (Å²) in [5.41, 5.74) is 0.923. The summed E-state index contributed by atoms with van der Waals surface area (Å²) in [6.07, 6.45) is 1.45. The van der Waals surface area contributed by atoms with Crippen LogP contribution >= 0.6 is 11.6 Å². The van der Waals surface area contributed by atoms with E-state index in [0.717, 1.165) is 5.56 Å². The maximum Gasteiger partial charge on any atom is 0.225 e. The van der Waals surface area contributed by atoms with Crippen LogP contribution in [0.5, 0.6) is 0 Å². The maximum atomic E-state index is 12.5. The maximum absolute atomic E-state index is 12.5. The second-order valence-corrected chi connectivity index (χ2v) is 6.13. The van der Waals surface area contributed by atoms with Crippen LogP contribution in [0.1, 0.15) is 37.8 Å². The molecule has 0 bridgehead atoms. The quantitative estimate of drug-likeness (QED) is 0.781. The number of aliphatic hydroxyl groups is 1. The predicted octanol–water partition coefficient (Wildman–Crippen LogP) is 2.14. The van der Waals surface area contributed by atoms with Crippen LogP contribution in [0.3, 0.4) is 0 Å². The summed E-state index contributed by atoms with van der Waals surface area (Å²) in [4.78, 5) is 26.5. The Morgan fingerprint density at radius 2 is 2.09 bits per heavy atom. The van der Waals surface area contributed by atoms with Gasteiger partial charge in [0.1, 0.15) is 0 Å². The van der Waals surface area contributed by atoms with Gasteiger partial charge in [-0.1, -0.05) is 23.7 Å². The third kappa shape index (κ3) is 4.24. The van der Waals surface area contributed by atoms with Crippen molar-refractivity contribution in [2.75, 3.05) is 19.7 Å². The Hall–Kier alpha value is -1.59. The molecule has 1 aromatic rings. The van der Waals surface area contributed by atoms with Crippen molar-refractivity contribution in [2.45, 2.75) is 32.2 Å². The molecule has 6 heteroatoms. The highest BCUT2D eigenvalue weighted by Gasteiger charge is 2.39. The van der Waals surface area contributed by atoms with Gasteiger partial charge >= 0.3 is 0 Å². The molecule has 1 aliphatic heterocycles. The molecular weight excluding hydrogens is 316 g/mol. The van der Waals surface area contributed by atoms with Crippen LogP contribution in [0.25, 0.3) is 0 Å². The minimum absolute atomic E-state index is 0.0468. The van der Waals surface area contributed by atoms with Gasteiger partial charge in [-0.25, -0.2) is 0 Å². The lowest BCUT2D eigenvalue weighted by atomic mass is 9.83. The number of aliphatic hydroxyl groups excluding tert-OH is 1. The molecule has 0 aromatic heterocycles. The first-order valence-corrected chi connectivity index (χ1v) is 8.39. The zero-order valence-corrected chi connectivity index (χ0v) is 14.1. The Morgan fingerprint density at radius 1 is 1.39 bits per heavy atom. The van der Waals surface area contributed by atoms with Gasteiger partial charge in [-0.15, -0.1) is 0 Å². The minimum Gasteiger partial charge on any atom is -0.396 e. The van der Waals surface area contributed by atoms with E-state index in [9.17, 15) is 9.59 Å². The number of hydrogen-bond donors (Lipinski definition) is 2. The Balaban J connectivity index is 2.25. The molecule has 5 nitrogen and oxygen atoms in total. The molecule has 1 aliphatic rings. The largest absolute Gasteiger partial charge is 0.396 e. The fourth-order valence-electron chi connectivity index (χ4n) is 3.09. The summed E-state index contributed by atoms with van der Waals surface area (Å²) in [6.45, 7) is 2.98. The van der Waals surface area contributed by atoms with Crippen molar-refractivity contribution in [3.05, 3.63) is 34.9 Å². The Labute approximate surface area is 141 Å². The molecule has 2 atom stereocenters. The Morgan fingerprint density at radius 3 is 2.70 bits per heavy atom.